The number of likely N-dealkylation sites (tertiary alicyclic amines) is 1. The molecule has 6 nitrogen and oxygen atoms in total. The van der Waals surface area contributed by atoms with E-state index in [1.54, 1.807) is 17.9 Å². The van der Waals surface area contributed by atoms with E-state index >= 15 is 0 Å². The van der Waals surface area contributed by atoms with Crippen LogP contribution in [0, 0.1) is 0 Å². The van der Waals surface area contributed by atoms with Crippen molar-refractivity contribution in [3.8, 4) is 17.0 Å². The molecule has 2 atom stereocenters. The van der Waals surface area contributed by atoms with Crippen LogP contribution in [0.1, 0.15) is 42.3 Å². The molecule has 2 unspecified atom stereocenters. The van der Waals surface area contributed by atoms with Crippen molar-refractivity contribution in [2.75, 3.05) is 13.2 Å². The number of rotatable bonds is 4. The molecule has 1 aromatic heterocycles. The van der Waals surface area contributed by atoms with Gasteiger partial charge in [0.25, 0.3) is 5.91 Å². The summed E-state index contributed by atoms with van der Waals surface area (Å²) < 4.78 is 10.8. The van der Waals surface area contributed by atoms with E-state index in [9.17, 15) is 9.90 Å². The quantitative estimate of drug-likeness (QED) is 0.924. The van der Waals surface area contributed by atoms with E-state index < -0.39 is 6.10 Å². The van der Waals surface area contributed by atoms with E-state index in [1.807, 2.05) is 18.2 Å². The summed E-state index contributed by atoms with van der Waals surface area (Å²) in [4.78, 5) is 14.6. The second-order valence-electron chi connectivity index (χ2n) is 6.88. The lowest BCUT2D eigenvalue weighted by Crippen LogP contribution is -2.37. The van der Waals surface area contributed by atoms with Crippen LogP contribution < -0.4 is 4.74 Å². The Kier molecular flexibility index (Phi) is 4.21. The fraction of sp³-hybridized carbons (Fsp3) is 0.474. The van der Waals surface area contributed by atoms with Gasteiger partial charge in [0.15, 0.2) is 0 Å². The number of hydrogen-bond acceptors (Lipinski definition) is 5. The number of amides is 1. The Hall–Kier alpha value is -2.34. The van der Waals surface area contributed by atoms with Crippen LogP contribution in [-0.4, -0.2) is 46.4 Å². The largest absolute Gasteiger partial charge is 0.493 e. The first-order chi connectivity index (χ1) is 12.1. The molecule has 132 valence electrons. The van der Waals surface area contributed by atoms with E-state index in [2.05, 4.69) is 5.16 Å². The summed E-state index contributed by atoms with van der Waals surface area (Å²) in [5, 5.41) is 13.7. The summed E-state index contributed by atoms with van der Waals surface area (Å²) in [7, 11) is 0. The highest BCUT2D eigenvalue weighted by atomic mass is 16.5. The number of aliphatic hydroxyl groups is 1. The summed E-state index contributed by atoms with van der Waals surface area (Å²) in [6.07, 6.45) is 2.94. The molecule has 4 rings (SSSR count). The first-order valence-electron chi connectivity index (χ1n) is 8.83. The molecule has 1 saturated heterocycles. The number of carbonyl (C=O) groups excluding carboxylic acids is 1. The maximum absolute atomic E-state index is 12.8. The van der Waals surface area contributed by atoms with Gasteiger partial charge in [0, 0.05) is 30.6 Å². The van der Waals surface area contributed by atoms with Gasteiger partial charge >= 0.3 is 0 Å². The molecule has 3 heterocycles. The summed E-state index contributed by atoms with van der Waals surface area (Å²) in [6.45, 7) is 3.16. The van der Waals surface area contributed by atoms with Crippen LogP contribution in [0.5, 0.6) is 5.75 Å². The topological polar surface area (TPSA) is 75.8 Å². The lowest BCUT2D eigenvalue weighted by Gasteiger charge is -2.24. The van der Waals surface area contributed by atoms with Crippen molar-refractivity contribution in [3.05, 3.63) is 35.6 Å². The van der Waals surface area contributed by atoms with Crippen molar-refractivity contribution >= 4 is 5.91 Å². The van der Waals surface area contributed by atoms with Crippen LogP contribution in [0.4, 0.5) is 0 Å². The molecule has 25 heavy (non-hydrogen) atoms. The number of benzene rings is 1. The Morgan fingerprint density at radius 2 is 2.32 bits per heavy atom. The van der Waals surface area contributed by atoms with Crippen molar-refractivity contribution in [1.82, 2.24) is 10.1 Å². The normalized spacial score (nSPS) is 20.4. The van der Waals surface area contributed by atoms with E-state index in [4.69, 9.17) is 9.26 Å². The summed E-state index contributed by atoms with van der Waals surface area (Å²) >= 11 is 0. The summed E-state index contributed by atoms with van der Waals surface area (Å²) in [6, 6.07) is 7.69. The molecule has 1 fully saturated rings. The lowest BCUT2D eigenvalue weighted by molar-refractivity contribution is 0.0641. The number of ether oxygens (including phenoxy) is 1. The molecule has 0 radical (unpaired) electrons. The zero-order chi connectivity index (χ0) is 17.4. The fourth-order valence-electron chi connectivity index (χ4n) is 3.74. The molecule has 0 aliphatic carbocycles. The molecule has 2 aliphatic rings. The van der Waals surface area contributed by atoms with Gasteiger partial charge in [-0.15, -0.1) is 0 Å². The minimum absolute atomic E-state index is 0.0678. The number of aromatic nitrogens is 1. The van der Waals surface area contributed by atoms with Gasteiger partial charge in [0.1, 0.15) is 11.4 Å². The average molecular weight is 342 g/mol. The maximum Gasteiger partial charge on any atom is 0.292 e. The van der Waals surface area contributed by atoms with Gasteiger partial charge in [0.05, 0.1) is 12.7 Å². The number of nitrogens with zero attached hydrogens (tertiary/aromatic N) is 2. The molecular formula is C19H22N2O4. The van der Waals surface area contributed by atoms with Crippen LogP contribution in [0.25, 0.3) is 11.3 Å². The van der Waals surface area contributed by atoms with Crippen molar-refractivity contribution < 1.29 is 19.2 Å². The highest BCUT2D eigenvalue weighted by Gasteiger charge is 2.32. The Morgan fingerprint density at radius 1 is 1.44 bits per heavy atom. The molecule has 0 spiro atoms. The summed E-state index contributed by atoms with van der Waals surface area (Å²) in [5.41, 5.74) is 2.74. The molecular weight excluding hydrogens is 320 g/mol. The highest BCUT2D eigenvalue weighted by molar-refractivity contribution is 5.92. The SMILES string of the molecule is CC(O)CC1CCCN1C(=O)c1cc(-c2ccc3c(c2)CCO3)no1. The molecule has 1 N–H and O–H groups in total. The third kappa shape index (κ3) is 3.14. The zero-order valence-corrected chi connectivity index (χ0v) is 14.3. The minimum Gasteiger partial charge on any atom is -0.493 e. The minimum atomic E-state index is -0.419. The van der Waals surface area contributed by atoms with Crippen molar-refractivity contribution in [2.24, 2.45) is 0 Å². The lowest BCUT2D eigenvalue weighted by atomic mass is 10.1. The summed E-state index contributed by atoms with van der Waals surface area (Å²) in [5.74, 6) is 1.03. The molecule has 6 heteroatoms. The average Bonchev–Trinajstić information content (AvgIpc) is 3.33. The maximum atomic E-state index is 12.8. The van der Waals surface area contributed by atoms with Crippen LogP contribution in [0.2, 0.25) is 0 Å². The predicted molar refractivity (Wildman–Crippen MR) is 91.5 cm³/mol. The molecule has 2 aliphatic heterocycles. The molecule has 2 aromatic rings. The number of hydrogen-bond donors (Lipinski definition) is 1. The second-order valence-corrected chi connectivity index (χ2v) is 6.88. The first-order valence-corrected chi connectivity index (χ1v) is 8.83. The molecule has 1 amide bonds. The van der Waals surface area contributed by atoms with E-state index in [-0.39, 0.29) is 17.7 Å². The van der Waals surface area contributed by atoms with Gasteiger partial charge in [-0.1, -0.05) is 5.16 Å². The molecule has 0 bridgehead atoms. The van der Waals surface area contributed by atoms with Crippen LogP contribution >= 0.6 is 0 Å². The Bertz CT molecular complexity index is 783. The molecule has 1 aromatic carbocycles. The van der Waals surface area contributed by atoms with Gasteiger partial charge < -0.3 is 19.3 Å². The Labute approximate surface area is 146 Å². The van der Waals surface area contributed by atoms with Crippen LogP contribution in [-0.2, 0) is 6.42 Å². The van der Waals surface area contributed by atoms with Gasteiger partial charge in [0.2, 0.25) is 5.76 Å². The number of aliphatic hydroxyl groups excluding tert-OH is 1. The number of fused-ring (bicyclic) bond motifs is 1. The standard InChI is InChI=1S/C19H22N2O4/c1-12(22)9-15-3-2-7-21(15)19(23)18-11-16(20-25-18)13-4-5-17-14(10-13)6-8-24-17/h4-5,10-12,15,22H,2-3,6-9H2,1H3. The van der Waals surface area contributed by atoms with E-state index in [0.29, 0.717) is 25.3 Å². The smallest absolute Gasteiger partial charge is 0.292 e. The van der Waals surface area contributed by atoms with Gasteiger partial charge in [-0.2, -0.15) is 0 Å². The van der Waals surface area contributed by atoms with Crippen molar-refractivity contribution in [2.45, 2.75) is 44.8 Å². The zero-order valence-electron chi connectivity index (χ0n) is 14.3. The molecule has 0 saturated carbocycles. The van der Waals surface area contributed by atoms with Gasteiger partial charge in [-0.05, 0) is 49.9 Å². The predicted octanol–water partition coefficient (Wildman–Crippen LogP) is 2.65. The second kappa shape index (κ2) is 6.52. The fourth-order valence-corrected chi connectivity index (χ4v) is 3.74. The van der Waals surface area contributed by atoms with E-state index in [1.165, 1.54) is 0 Å². The van der Waals surface area contributed by atoms with Crippen molar-refractivity contribution in [1.29, 1.82) is 0 Å². The number of carbonyl (C=O) groups is 1. The monoisotopic (exact) mass is 342 g/mol. The van der Waals surface area contributed by atoms with Crippen LogP contribution in [0.3, 0.4) is 0 Å². The van der Waals surface area contributed by atoms with Gasteiger partial charge in [-0.3, -0.25) is 4.79 Å². The Morgan fingerprint density at radius 3 is 3.16 bits per heavy atom. The van der Waals surface area contributed by atoms with Crippen molar-refractivity contribution in [3.63, 3.8) is 0 Å². The highest BCUT2D eigenvalue weighted by Crippen LogP contribution is 2.31. The third-order valence-electron chi connectivity index (χ3n) is 4.96. The Balaban J connectivity index is 1.53. The third-order valence-corrected chi connectivity index (χ3v) is 4.96. The first kappa shape index (κ1) is 16.1. The van der Waals surface area contributed by atoms with Gasteiger partial charge in [-0.25, -0.2) is 0 Å². The van der Waals surface area contributed by atoms with E-state index in [0.717, 1.165) is 36.1 Å². The van der Waals surface area contributed by atoms with Crippen LogP contribution in [0.15, 0.2) is 28.8 Å².